The van der Waals surface area contributed by atoms with Crippen LogP contribution in [0.4, 0.5) is 5.69 Å². The van der Waals surface area contributed by atoms with E-state index >= 15 is 0 Å². The monoisotopic (exact) mass is 407 g/mol. The van der Waals surface area contributed by atoms with Gasteiger partial charge in [-0.1, -0.05) is 12.1 Å². The molecule has 26 heavy (non-hydrogen) atoms. The smallest absolute Gasteiger partial charge is 0.241 e. The van der Waals surface area contributed by atoms with Gasteiger partial charge in [0.25, 0.3) is 0 Å². The Bertz CT molecular complexity index is 1000. The second kappa shape index (κ2) is 7.48. The molecule has 0 aliphatic rings. The van der Waals surface area contributed by atoms with E-state index in [1.165, 1.54) is 22.7 Å². The number of nitrogens with zero attached hydrogens (tertiary/aromatic N) is 2. The zero-order chi connectivity index (χ0) is 18.9. The molecule has 0 atom stereocenters. The fourth-order valence-corrected chi connectivity index (χ4v) is 5.94. The number of nitrogens with one attached hydrogen (secondary N) is 1. The molecule has 2 heterocycles. The lowest BCUT2D eigenvalue weighted by atomic mass is 10.2. The van der Waals surface area contributed by atoms with Crippen molar-refractivity contribution in [1.82, 2.24) is 9.71 Å². The van der Waals surface area contributed by atoms with E-state index in [1.54, 1.807) is 6.07 Å². The molecule has 3 rings (SSSR count). The fraction of sp³-hybridized carbons (Fsp3) is 0.278. The second-order valence-corrected chi connectivity index (χ2v) is 10.1. The van der Waals surface area contributed by atoms with Gasteiger partial charge in [-0.15, -0.1) is 22.7 Å². The van der Waals surface area contributed by atoms with E-state index in [4.69, 9.17) is 0 Å². The summed E-state index contributed by atoms with van der Waals surface area (Å²) < 4.78 is 28.1. The normalized spacial score (nSPS) is 11.7. The lowest BCUT2D eigenvalue weighted by Crippen LogP contribution is -2.23. The van der Waals surface area contributed by atoms with Crippen LogP contribution in [0.5, 0.6) is 0 Å². The molecule has 2 aromatic heterocycles. The maximum Gasteiger partial charge on any atom is 0.241 e. The van der Waals surface area contributed by atoms with Crippen LogP contribution in [-0.4, -0.2) is 27.5 Å². The topological polar surface area (TPSA) is 62.3 Å². The van der Waals surface area contributed by atoms with E-state index in [1.807, 2.05) is 62.5 Å². The van der Waals surface area contributed by atoms with Crippen LogP contribution in [0.2, 0.25) is 0 Å². The van der Waals surface area contributed by atoms with Gasteiger partial charge in [0.15, 0.2) is 0 Å². The average molecular weight is 408 g/mol. The van der Waals surface area contributed by atoms with Gasteiger partial charge in [-0.05, 0) is 37.6 Å². The number of thiophene rings is 1. The van der Waals surface area contributed by atoms with Crippen molar-refractivity contribution in [2.24, 2.45) is 0 Å². The Morgan fingerprint density at radius 3 is 2.42 bits per heavy atom. The van der Waals surface area contributed by atoms with Crippen LogP contribution in [0, 0.1) is 13.8 Å². The predicted molar refractivity (Wildman–Crippen MR) is 110 cm³/mol. The summed E-state index contributed by atoms with van der Waals surface area (Å²) in [6, 6.07) is 9.53. The Kier molecular flexibility index (Phi) is 5.47. The summed E-state index contributed by atoms with van der Waals surface area (Å²) in [6.45, 7) is 4.02. The minimum Gasteiger partial charge on any atom is -0.378 e. The fourth-order valence-electron chi connectivity index (χ4n) is 2.47. The van der Waals surface area contributed by atoms with Crippen LogP contribution >= 0.6 is 22.7 Å². The third-order valence-electron chi connectivity index (χ3n) is 3.91. The quantitative estimate of drug-likeness (QED) is 0.670. The van der Waals surface area contributed by atoms with Gasteiger partial charge in [0.05, 0.1) is 9.77 Å². The summed E-state index contributed by atoms with van der Waals surface area (Å²) in [5, 5.41) is 2.82. The molecule has 5 nitrogen and oxygen atoms in total. The van der Waals surface area contributed by atoms with Gasteiger partial charge < -0.3 is 4.90 Å². The van der Waals surface area contributed by atoms with Gasteiger partial charge in [0.2, 0.25) is 10.0 Å². The number of thiazole rings is 1. The first kappa shape index (κ1) is 19.0. The van der Waals surface area contributed by atoms with Gasteiger partial charge in [-0.2, -0.15) is 0 Å². The summed E-state index contributed by atoms with van der Waals surface area (Å²) in [5.74, 6) is 0. The highest BCUT2D eigenvalue weighted by atomic mass is 32.2. The van der Waals surface area contributed by atoms with Gasteiger partial charge in [-0.3, -0.25) is 0 Å². The summed E-state index contributed by atoms with van der Waals surface area (Å²) >= 11 is 2.99. The molecule has 0 unspecified atom stereocenters. The number of rotatable bonds is 6. The molecule has 0 spiro atoms. The Balaban J connectivity index is 1.77. The molecular weight excluding hydrogens is 386 g/mol. The van der Waals surface area contributed by atoms with Crippen molar-refractivity contribution in [2.75, 3.05) is 19.0 Å². The van der Waals surface area contributed by atoms with Gasteiger partial charge in [0, 0.05) is 42.3 Å². The number of hydrogen-bond acceptors (Lipinski definition) is 6. The van der Waals surface area contributed by atoms with Gasteiger partial charge >= 0.3 is 0 Å². The molecule has 0 aliphatic carbocycles. The van der Waals surface area contributed by atoms with Crippen molar-refractivity contribution in [2.45, 2.75) is 25.3 Å². The standard InChI is InChI=1S/C18H21N3O2S3/c1-12-11-24-18(20-12)16-9-17(13(2)25-16)26(22,23)19-10-14-5-7-15(8-6-14)21(3)4/h5-9,11,19H,10H2,1-4H3. The maximum absolute atomic E-state index is 12.7. The first-order chi connectivity index (χ1) is 12.3. The molecular formula is C18H21N3O2S3. The highest BCUT2D eigenvalue weighted by Gasteiger charge is 2.21. The lowest BCUT2D eigenvalue weighted by molar-refractivity contribution is 0.581. The Morgan fingerprint density at radius 1 is 1.15 bits per heavy atom. The van der Waals surface area contributed by atoms with Crippen LogP contribution in [-0.2, 0) is 16.6 Å². The minimum atomic E-state index is -3.57. The molecule has 138 valence electrons. The van der Waals surface area contributed by atoms with Crippen LogP contribution in [0.3, 0.4) is 0 Å². The lowest BCUT2D eigenvalue weighted by Gasteiger charge is -2.13. The van der Waals surface area contributed by atoms with Crippen molar-refractivity contribution < 1.29 is 8.42 Å². The van der Waals surface area contributed by atoms with E-state index in [0.29, 0.717) is 4.90 Å². The van der Waals surface area contributed by atoms with Crippen LogP contribution < -0.4 is 9.62 Å². The number of hydrogen-bond donors (Lipinski definition) is 1. The van der Waals surface area contributed by atoms with Crippen molar-refractivity contribution in [1.29, 1.82) is 0 Å². The number of anilines is 1. The molecule has 1 N–H and O–H groups in total. The molecule has 0 saturated carbocycles. The number of benzene rings is 1. The van der Waals surface area contributed by atoms with Crippen molar-refractivity contribution in [3.8, 4) is 9.88 Å². The largest absolute Gasteiger partial charge is 0.378 e. The van der Waals surface area contributed by atoms with Crippen LogP contribution in [0.1, 0.15) is 16.1 Å². The molecule has 0 saturated heterocycles. The summed E-state index contributed by atoms with van der Waals surface area (Å²) in [7, 11) is 0.373. The molecule has 1 aromatic carbocycles. The number of aryl methyl sites for hydroxylation is 2. The van der Waals surface area contributed by atoms with E-state index in [2.05, 4.69) is 9.71 Å². The first-order valence-corrected chi connectivity index (χ1v) is 11.2. The minimum absolute atomic E-state index is 0.261. The molecule has 8 heteroatoms. The highest BCUT2D eigenvalue weighted by Crippen LogP contribution is 2.35. The zero-order valence-electron chi connectivity index (χ0n) is 15.1. The Labute approximate surface area is 162 Å². The average Bonchev–Trinajstić information content (AvgIpc) is 3.19. The number of aromatic nitrogens is 1. The Hall–Kier alpha value is -1.74. The Morgan fingerprint density at radius 2 is 1.85 bits per heavy atom. The molecule has 0 amide bonds. The van der Waals surface area contributed by atoms with Crippen molar-refractivity contribution in [3.05, 3.63) is 51.8 Å². The van der Waals surface area contributed by atoms with Crippen LogP contribution in [0.25, 0.3) is 9.88 Å². The molecule has 0 aliphatic heterocycles. The van der Waals surface area contributed by atoms with E-state index in [-0.39, 0.29) is 6.54 Å². The van der Waals surface area contributed by atoms with Crippen LogP contribution in [0.15, 0.2) is 40.6 Å². The third-order valence-corrected chi connectivity index (χ3v) is 7.75. The molecule has 0 radical (unpaired) electrons. The predicted octanol–water partition coefficient (Wildman–Crippen LogP) is 4.03. The van der Waals surface area contributed by atoms with E-state index < -0.39 is 10.0 Å². The van der Waals surface area contributed by atoms with Crippen molar-refractivity contribution >= 4 is 38.4 Å². The van der Waals surface area contributed by atoms with Gasteiger partial charge in [0.1, 0.15) is 5.01 Å². The molecule has 3 aromatic rings. The van der Waals surface area contributed by atoms with Crippen molar-refractivity contribution in [3.63, 3.8) is 0 Å². The van der Waals surface area contributed by atoms with E-state index in [0.717, 1.165) is 31.7 Å². The summed E-state index contributed by atoms with van der Waals surface area (Å²) in [6.07, 6.45) is 0. The number of sulfonamides is 1. The highest BCUT2D eigenvalue weighted by molar-refractivity contribution is 7.89. The summed E-state index contributed by atoms with van der Waals surface area (Å²) in [5.41, 5.74) is 2.94. The maximum atomic E-state index is 12.7. The van der Waals surface area contributed by atoms with E-state index in [9.17, 15) is 8.42 Å². The first-order valence-electron chi connectivity index (χ1n) is 8.05. The second-order valence-electron chi connectivity index (χ2n) is 6.21. The van der Waals surface area contributed by atoms with Gasteiger partial charge in [-0.25, -0.2) is 18.1 Å². The zero-order valence-corrected chi connectivity index (χ0v) is 17.6. The summed E-state index contributed by atoms with van der Waals surface area (Å²) in [4.78, 5) is 8.43. The molecule has 0 bridgehead atoms. The third kappa shape index (κ3) is 4.15. The SMILES string of the molecule is Cc1csc(-c2cc(S(=O)(=O)NCc3ccc(N(C)C)cc3)c(C)s2)n1. The molecule has 0 fully saturated rings.